The number of nitrogens with one attached hydrogen (secondary N) is 1. The summed E-state index contributed by atoms with van der Waals surface area (Å²) in [5, 5.41) is 12.4. The zero-order chi connectivity index (χ0) is 13.8. The molecule has 104 valence electrons. The lowest BCUT2D eigenvalue weighted by Gasteiger charge is -2.28. The summed E-state index contributed by atoms with van der Waals surface area (Å²) < 4.78 is 1.16. The molecule has 1 saturated heterocycles. The maximum absolute atomic E-state index is 12.0. The Labute approximate surface area is 127 Å². The van der Waals surface area contributed by atoms with Crippen molar-refractivity contribution in [1.82, 2.24) is 4.90 Å². The van der Waals surface area contributed by atoms with Crippen LogP contribution >= 0.6 is 22.6 Å². The lowest BCUT2D eigenvalue weighted by atomic mass is 10.1. The molecule has 1 fully saturated rings. The maximum atomic E-state index is 12.0. The van der Waals surface area contributed by atoms with Gasteiger partial charge in [0.2, 0.25) is 5.91 Å². The van der Waals surface area contributed by atoms with Crippen LogP contribution in [0.25, 0.3) is 0 Å². The molecular weight excluding hydrogens is 355 g/mol. The summed E-state index contributed by atoms with van der Waals surface area (Å²) >= 11 is 2.26. The highest BCUT2D eigenvalue weighted by Crippen LogP contribution is 2.18. The number of benzene rings is 1. The quantitative estimate of drug-likeness (QED) is 0.796. The Balaban J connectivity index is 1.87. The Morgan fingerprint density at radius 2 is 2.16 bits per heavy atom. The third-order valence-electron chi connectivity index (χ3n) is 3.39. The second-order valence-corrected chi connectivity index (χ2v) is 6.26. The minimum Gasteiger partial charge on any atom is -0.393 e. The van der Waals surface area contributed by atoms with Crippen molar-refractivity contribution in [3.63, 3.8) is 0 Å². The lowest BCUT2D eigenvalue weighted by Crippen LogP contribution is -2.40. The molecule has 0 atom stereocenters. The van der Waals surface area contributed by atoms with Gasteiger partial charge in [0.05, 0.1) is 12.6 Å². The standard InChI is InChI=1S/C14H19IN2O2/c1-10-8-11(15)2-3-13(10)16-14(19)9-17-6-4-12(18)5-7-17/h2-3,8,12,18H,4-7,9H2,1H3,(H,16,19). The van der Waals surface area contributed by atoms with Gasteiger partial charge in [-0.2, -0.15) is 0 Å². The van der Waals surface area contributed by atoms with E-state index < -0.39 is 0 Å². The summed E-state index contributed by atoms with van der Waals surface area (Å²) in [6.45, 7) is 3.98. The van der Waals surface area contributed by atoms with Gasteiger partial charge in [-0.05, 0) is 66.1 Å². The molecule has 0 radical (unpaired) electrons. The van der Waals surface area contributed by atoms with Gasteiger partial charge in [0.1, 0.15) is 0 Å². The Hall–Kier alpha value is -0.660. The highest BCUT2D eigenvalue weighted by atomic mass is 127. The zero-order valence-electron chi connectivity index (χ0n) is 11.0. The number of anilines is 1. The fraction of sp³-hybridized carbons (Fsp3) is 0.500. The molecule has 1 aromatic carbocycles. The van der Waals surface area contributed by atoms with Crippen molar-refractivity contribution in [2.45, 2.75) is 25.9 Å². The van der Waals surface area contributed by atoms with E-state index in [0.717, 1.165) is 40.8 Å². The van der Waals surface area contributed by atoms with Gasteiger partial charge >= 0.3 is 0 Å². The number of piperidine rings is 1. The molecule has 0 saturated carbocycles. The molecule has 0 aliphatic carbocycles. The van der Waals surface area contributed by atoms with Crippen molar-refractivity contribution in [2.75, 3.05) is 25.0 Å². The molecule has 1 aliphatic heterocycles. The van der Waals surface area contributed by atoms with Crippen molar-refractivity contribution < 1.29 is 9.90 Å². The number of rotatable bonds is 3. The minimum absolute atomic E-state index is 0.0145. The van der Waals surface area contributed by atoms with Gasteiger partial charge in [-0.25, -0.2) is 0 Å². The second kappa shape index (κ2) is 6.67. The van der Waals surface area contributed by atoms with Crippen LogP contribution in [0.5, 0.6) is 0 Å². The van der Waals surface area contributed by atoms with E-state index in [1.807, 2.05) is 25.1 Å². The molecule has 1 aliphatic rings. The molecule has 5 heteroatoms. The first-order valence-electron chi connectivity index (χ1n) is 6.51. The number of likely N-dealkylation sites (tertiary alicyclic amines) is 1. The average Bonchev–Trinajstić information content (AvgIpc) is 2.36. The number of aliphatic hydroxyl groups is 1. The lowest BCUT2D eigenvalue weighted by molar-refractivity contribution is -0.117. The van der Waals surface area contributed by atoms with Crippen LogP contribution in [0.4, 0.5) is 5.69 Å². The van der Waals surface area contributed by atoms with E-state index in [-0.39, 0.29) is 12.0 Å². The van der Waals surface area contributed by atoms with Crippen LogP contribution in [0.15, 0.2) is 18.2 Å². The number of carbonyl (C=O) groups excluding carboxylic acids is 1. The summed E-state index contributed by atoms with van der Waals surface area (Å²) in [5.41, 5.74) is 1.96. The Morgan fingerprint density at radius 3 is 2.79 bits per heavy atom. The first-order valence-corrected chi connectivity index (χ1v) is 7.59. The van der Waals surface area contributed by atoms with Gasteiger partial charge in [-0.1, -0.05) is 0 Å². The molecule has 0 unspecified atom stereocenters. The van der Waals surface area contributed by atoms with Crippen molar-refractivity contribution in [3.05, 3.63) is 27.3 Å². The van der Waals surface area contributed by atoms with Crippen molar-refractivity contribution in [2.24, 2.45) is 0 Å². The normalized spacial score (nSPS) is 17.4. The van der Waals surface area contributed by atoms with E-state index >= 15 is 0 Å². The first kappa shape index (κ1) is 14.7. The van der Waals surface area contributed by atoms with Crippen LogP contribution in [0.2, 0.25) is 0 Å². The van der Waals surface area contributed by atoms with E-state index in [0.29, 0.717) is 6.54 Å². The minimum atomic E-state index is -0.197. The van der Waals surface area contributed by atoms with Gasteiger partial charge in [-0.3, -0.25) is 9.69 Å². The summed E-state index contributed by atoms with van der Waals surface area (Å²) in [7, 11) is 0. The van der Waals surface area contributed by atoms with Crippen molar-refractivity contribution in [1.29, 1.82) is 0 Å². The predicted molar refractivity (Wildman–Crippen MR) is 84.2 cm³/mol. The highest BCUT2D eigenvalue weighted by Gasteiger charge is 2.19. The molecule has 19 heavy (non-hydrogen) atoms. The third kappa shape index (κ3) is 4.43. The van der Waals surface area contributed by atoms with Gasteiger partial charge in [0, 0.05) is 22.3 Å². The predicted octanol–water partition coefficient (Wildman–Crippen LogP) is 1.99. The van der Waals surface area contributed by atoms with E-state index in [1.54, 1.807) is 0 Å². The van der Waals surface area contributed by atoms with Gasteiger partial charge in [-0.15, -0.1) is 0 Å². The molecule has 1 heterocycles. The highest BCUT2D eigenvalue weighted by molar-refractivity contribution is 14.1. The molecule has 1 aromatic rings. The number of halogens is 1. The van der Waals surface area contributed by atoms with E-state index in [4.69, 9.17) is 0 Å². The Morgan fingerprint density at radius 1 is 1.47 bits per heavy atom. The van der Waals surface area contributed by atoms with Crippen LogP contribution in [-0.4, -0.2) is 41.7 Å². The Kier molecular flexibility index (Phi) is 5.18. The van der Waals surface area contributed by atoms with Gasteiger partial charge in [0.25, 0.3) is 0 Å². The number of aliphatic hydroxyl groups excluding tert-OH is 1. The van der Waals surface area contributed by atoms with Crippen LogP contribution in [-0.2, 0) is 4.79 Å². The molecule has 2 N–H and O–H groups in total. The summed E-state index contributed by atoms with van der Waals surface area (Å²) in [6, 6.07) is 5.98. The molecule has 0 spiro atoms. The van der Waals surface area contributed by atoms with E-state index in [9.17, 15) is 9.90 Å². The SMILES string of the molecule is Cc1cc(I)ccc1NC(=O)CN1CCC(O)CC1. The van der Waals surface area contributed by atoms with Crippen LogP contribution in [0, 0.1) is 10.5 Å². The zero-order valence-corrected chi connectivity index (χ0v) is 13.2. The largest absolute Gasteiger partial charge is 0.393 e. The fourth-order valence-corrected chi connectivity index (χ4v) is 2.88. The fourth-order valence-electron chi connectivity index (χ4n) is 2.24. The number of nitrogens with zero attached hydrogens (tertiary/aromatic N) is 1. The number of amides is 1. The number of carbonyl (C=O) groups is 1. The van der Waals surface area contributed by atoms with Crippen molar-refractivity contribution >= 4 is 34.2 Å². The Bertz CT molecular complexity index is 457. The maximum Gasteiger partial charge on any atom is 0.238 e. The summed E-state index contributed by atoms with van der Waals surface area (Å²) in [5.74, 6) is 0.0145. The summed E-state index contributed by atoms with van der Waals surface area (Å²) in [6.07, 6.45) is 1.32. The topological polar surface area (TPSA) is 52.6 Å². The monoisotopic (exact) mass is 374 g/mol. The summed E-state index contributed by atoms with van der Waals surface area (Å²) in [4.78, 5) is 14.1. The van der Waals surface area contributed by atoms with Crippen LogP contribution in [0.1, 0.15) is 18.4 Å². The molecule has 4 nitrogen and oxygen atoms in total. The average molecular weight is 374 g/mol. The van der Waals surface area contributed by atoms with Crippen LogP contribution < -0.4 is 5.32 Å². The van der Waals surface area contributed by atoms with E-state index in [1.165, 1.54) is 0 Å². The second-order valence-electron chi connectivity index (χ2n) is 5.01. The molecule has 0 aromatic heterocycles. The first-order chi connectivity index (χ1) is 9.04. The molecule has 0 bridgehead atoms. The number of hydrogen-bond acceptors (Lipinski definition) is 3. The molecular formula is C14H19IN2O2. The van der Waals surface area contributed by atoms with Gasteiger partial charge < -0.3 is 10.4 Å². The number of aryl methyl sites for hydroxylation is 1. The smallest absolute Gasteiger partial charge is 0.238 e. The molecule has 1 amide bonds. The van der Waals surface area contributed by atoms with Gasteiger partial charge in [0.15, 0.2) is 0 Å². The van der Waals surface area contributed by atoms with E-state index in [2.05, 4.69) is 32.8 Å². The molecule has 2 rings (SSSR count). The number of hydrogen-bond donors (Lipinski definition) is 2. The van der Waals surface area contributed by atoms with Crippen molar-refractivity contribution in [3.8, 4) is 0 Å². The van der Waals surface area contributed by atoms with Crippen LogP contribution in [0.3, 0.4) is 0 Å². The third-order valence-corrected chi connectivity index (χ3v) is 4.06.